The lowest BCUT2D eigenvalue weighted by atomic mass is 10.2. The van der Waals surface area contributed by atoms with Gasteiger partial charge in [-0.3, -0.25) is 4.79 Å². The Morgan fingerprint density at radius 2 is 1.75 bits per heavy atom. The molecule has 0 aliphatic rings. The van der Waals surface area contributed by atoms with E-state index in [0.29, 0.717) is 22.8 Å². The Bertz CT molecular complexity index is 738. The number of nitrogens with two attached hydrogens (primary N) is 1. The van der Waals surface area contributed by atoms with Crippen LogP contribution in [0.25, 0.3) is 0 Å². The van der Waals surface area contributed by atoms with Crippen molar-refractivity contribution in [3.63, 3.8) is 0 Å². The molecule has 0 atom stereocenters. The Balaban J connectivity index is 2.17. The number of carbonyl (C=O) groups is 1. The Morgan fingerprint density at radius 3 is 2.29 bits per heavy atom. The van der Waals surface area contributed by atoms with Crippen molar-refractivity contribution in [1.29, 1.82) is 0 Å². The van der Waals surface area contributed by atoms with Gasteiger partial charge in [-0.25, -0.2) is 15.4 Å². The lowest BCUT2D eigenvalue weighted by Crippen LogP contribution is -2.21. The average Bonchev–Trinajstić information content (AvgIpc) is 2.60. The van der Waals surface area contributed by atoms with E-state index in [9.17, 15) is 4.79 Å². The van der Waals surface area contributed by atoms with Gasteiger partial charge in [0.15, 0.2) is 23.0 Å². The summed E-state index contributed by atoms with van der Waals surface area (Å²) >= 11 is 0. The molecular weight excluding hydrogens is 314 g/mol. The molecular formula is C15H17N5O4. The van der Waals surface area contributed by atoms with Crippen LogP contribution >= 0.6 is 0 Å². The molecule has 0 aliphatic carbocycles. The van der Waals surface area contributed by atoms with Gasteiger partial charge in [0.05, 0.1) is 27.5 Å². The molecule has 2 rings (SSSR count). The highest BCUT2D eigenvalue weighted by molar-refractivity contribution is 5.96. The van der Waals surface area contributed by atoms with E-state index in [2.05, 4.69) is 20.5 Å². The number of nitrogens with zero attached hydrogens (tertiary/aromatic N) is 3. The number of aromatic nitrogens is 2. The highest BCUT2D eigenvalue weighted by atomic mass is 16.5. The Labute approximate surface area is 138 Å². The highest BCUT2D eigenvalue weighted by Crippen LogP contribution is 2.37. The van der Waals surface area contributed by atoms with E-state index in [1.54, 1.807) is 12.1 Å². The monoisotopic (exact) mass is 331 g/mol. The number of hydrogen-bond donors (Lipinski definition) is 2. The summed E-state index contributed by atoms with van der Waals surface area (Å²) in [4.78, 5) is 19.6. The number of nitrogen functional groups attached to an aromatic ring is 1. The summed E-state index contributed by atoms with van der Waals surface area (Å²) in [6.07, 6.45) is 4.19. The van der Waals surface area contributed by atoms with Gasteiger partial charge in [0.25, 0.3) is 5.91 Å². The van der Waals surface area contributed by atoms with Gasteiger partial charge >= 0.3 is 0 Å². The number of ether oxygens (including phenoxy) is 3. The van der Waals surface area contributed by atoms with Gasteiger partial charge in [0, 0.05) is 18.0 Å². The fourth-order valence-corrected chi connectivity index (χ4v) is 1.92. The molecule has 0 unspecified atom stereocenters. The third-order valence-electron chi connectivity index (χ3n) is 3.01. The molecule has 0 saturated carbocycles. The van der Waals surface area contributed by atoms with E-state index in [-0.39, 0.29) is 11.5 Å². The number of hydrazone groups is 1. The molecule has 0 aliphatic heterocycles. The normalized spacial score (nSPS) is 10.5. The van der Waals surface area contributed by atoms with Crippen LogP contribution in [0.15, 0.2) is 29.6 Å². The first-order valence-electron chi connectivity index (χ1n) is 6.80. The van der Waals surface area contributed by atoms with E-state index in [1.165, 1.54) is 39.9 Å². The minimum atomic E-state index is -0.565. The molecule has 9 nitrogen and oxygen atoms in total. The summed E-state index contributed by atoms with van der Waals surface area (Å²) in [5.41, 5.74) is 8.54. The lowest BCUT2D eigenvalue weighted by molar-refractivity contribution is 0.0951. The van der Waals surface area contributed by atoms with Gasteiger partial charge < -0.3 is 19.9 Å². The van der Waals surface area contributed by atoms with E-state index in [1.807, 2.05) is 0 Å². The number of nitrogens with one attached hydrogen (secondary N) is 1. The predicted molar refractivity (Wildman–Crippen MR) is 87.6 cm³/mol. The van der Waals surface area contributed by atoms with Crippen molar-refractivity contribution < 1.29 is 19.0 Å². The summed E-state index contributed by atoms with van der Waals surface area (Å²) in [6, 6.07) is 3.38. The molecule has 1 aromatic heterocycles. The van der Waals surface area contributed by atoms with Crippen LogP contribution < -0.4 is 25.4 Å². The van der Waals surface area contributed by atoms with Crippen molar-refractivity contribution in [1.82, 2.24) is 15.4 Å². The smallest absolute Gasteiger partial charge is 0.293 e. The standard InChI is InChI=1S/C15H17N5O4/c1-22-10-6-9(7-11(23-2)13(10)24-3)8-19-20-15(21)12-14(16)18-5-4-17-12/h4-8H,1-3H3,(H2,16,18)(H,20,21)/b19-8+. The molecule has 0 spiro atoms. The molecule has 9 heteroatoms. The summed E-state index contributed by atoms with van der Waals surface area (Å²) in [6.45, 7) is 0. The molecule has 1 aromatic carbocycles. The lowest BCUT2D eigenvalue weighted by Gasteiger charge is -2.12. The van der Waals surface area contributed by atoms with Gasteiger partial charge in [-0.05, 0) is 12.1 Å². The van der Waals surface area contributed by atoms with Crippen molar-refractivity contribution >= 4 is 17.9 Å². The average molecular weight is 331 g/mol. The van der Waals surface area contributed by atoms with Crippen molar-refractivity contribution in [3.8, 4) is 17.2 Å². The zero-order chi connectivity index (χ0) is 17.5. The van der Waals surface area contributed by atoms with Gasteiger partial charge in [-0.1, -0.05) is 0 Å². The number of hydrogen-bond acceptors (Lipinski definition) is 8. The van der Waals surface area contributed by atoms with E-state index in [0.717, 1.165) is 0 Å². The van der Waals surface area contributed by atoms with Crippen molar-refractivity contribution in [2.45, 2.75) is 0 Å². The second-order valence-corrected chi connectivity index (χ2v) is 4.45. The van der Waals surface area contributed by atoms with Gasteiger partial charge in [-0.2, -0.15) is 5.10 Å². The van der Waals surface area contributed by atoms with E-state index in [4.69, 9.17) is 19.9 Å². The fraction of sp³-hybridized carbons (Fsp3) is 0.200. The van der Waals surface area contributed by atoms with Crippen LogP contribution in [0.1, 0.15) is 16.1 Å². The van der Waals surface area contributed by atoms with Crippen LogP contribution in [0.2, 0.25) is 0 Å². The summed E-state index contributed by atoms with van der Waals surface area (Å²) in [7, 11) is 4.54. The molecule has 3 N–H and O–H groups in total. The number of methoxy groups -OCH3 is 3. The SMILES string of the molecule is COc1cc(/C=N/NC(=O)c2nccnc2N)cc(OC)c1OC. The third kappa shape index (κ3) is 3.69. The van der Waals surface area contributed by atoms with E-state index < -0.39 is 5.91 Å². The molecule has 24 heavy (non-hydrogen) atoms. The summed E-state index contributed by atoms with van der Waals surface area (Å²) in [5.74, 6) is 0.876. The first kappa shape index (κ1) is 17.0. The molecule has 0 saturated heterocycles. The van der Waals surface area contributed by atoms with Crippen LogP contribution in [0.4, 0.5) is 5.82 Å². The maximum Gasteiger partial charge on any atom is 0.293 e. The summed E-state index contributed by atoms with van der Waals surface area (Å²) in [5, 5.41) is 3.87. The summed E-state index contributed by atoms with van der Waals surface area (Å²) < 4.78 is 15.7. The number of anilines is 1. The van der Waals surface area contributed by atoms with Gasteiger partial charge in [-0.15, -0.1) is 0 Å². The molecule has 2 aromatic rings. The van der Waals surface area contributed by atoms with Crippen molar-refractivity contribution in [3.05, 3.63) is 35.8 Å². The molecule has 1 amide bonds. The Morgan fingerprint density at radius 1 is 1.12 bits per heavy atom. The zero-order valence-electron chi connectivity index (χ0n) is 13.4. The second-order valence-electron chi connectivity index (χ2n) is 4.45. The van der Waals surface area contributed by atoms with E-state index >= 15 is 0 Å². The van der Waals surface area contributed by atoms with Crippen LogP contribution in [0, 0.1) is 0 Å². The predicted octanol–water partition coefficient (Wildman–Crippen LogP) is 0.848. The minimum Gasteiger partial charge on any atom is -0.493 e. The van der Waals surface area contributed by atoms with Crippen LogP contribution in [0.3, 0.4) is 0 Å². The minimum absolute atomic E-state index is 0.000424. The van der Waals surface area contributed by atoms with Crippen molar-refractivity contribution in [2.75, 3.05) is 27.1 Å². The number of carbonyl (C=O) groups excluding carboxylic acids is 1. The first-order valence-corrected chi connectivity index (χ1v) is 6.80. The molecule has 0 radical (unpaired) electrons. The van der Waals surface area contributed by atoms with Gasteiger partial charge in [0.1, 0.15) is 0 Å². The topological polar surface area (TPSA) is 121 Å². The maximum absolute atomic E-state index is 11.9. The third-order valence-corrected chi connectivity index (χ3v) is 3.01. The zero-order valence-corrected chi connectivity index (χ0v) is 13.4. The van der Waals surface area contributed by atoms with Crippen LogP contribution in [-0.2, 0) is 0 Å². The van der Waals surface area contributed by atoms with Crippen molar-refractivity contribution in [2.24, 2.45) is 5.10 Å². The molecule has 1 heterocycles. The molecule has 126 valence electrons. The van der Waals surface area contributed by atoms with Crippen LogP contribution in [0.5, 0.6) is 17.2 Å². The molecule has 0 fully saturated rings. The number of rotatable bonds is 6. The van der Waals surface area contributed by atoms with Gasteiger partial charge in [0.2, 0.25) is 5.75 Å². The van der Waals surface area contributed by atoms with Crippen LogP contribution in [-0.4, -0.2) is 43.4 Å². The number of amides is 1. The number of benzene rings is 1. The first-order chi connectivity index (χ1) is 11.6. The Hall–Kier alpha value is -3.36. The quantitative estimate of drug-likeness (QED) is 0.594. The maximum atomic E-state index is 11.9. The highest BCUT2D eigenvalue weighted by Gasteiger charge is 2.13. The second kappa shape index (κ2) is 7.77. The Kier molecular flexibility index (Phi) is 5.50. The fourth-order valence-electron chi connectivity index (χ4n) is 1.92. The largest absolute Gasteiger partial charge is 0.493 e. The molecule has 0 bridgehead atoms.